The minimum absolute atomic E-state index is 0.0188. The fraction of sp³-hybridized carbons (Fsp3) is 0.167. The highest BCUT2D eigenvalue weighted by molar-refractivity contribution is 6.31. The lowest BCUT2D eigenvalue weighted by atomic mass is 10.1. The van der Waals surface area contributed by atoms with Crippen molar-refractivity contribution < 1.29 is 19.8 Å². The number of nitrogens with zero attached hydrogens (tertiary/aromatic N) is 1. The summed E-state index contributed by atoms with van der Waals surface area (Å²) in [5, 5.41) is 19.2. The molecular formula is C12H10ClNO4. The first-order valence-corrected chi connectivity index (χ1v) is 5.53. The van der Waals surface area contributed by atoms with Crippen LogP contribution in [0.1, 0.15) is 16.1 Å². The molecule has 0 bridgehead atoms. The third-order valence-corrected chi connectivity index (χ3v) is 3.01. The normalized spacial score (nSPS) is 10.8. The molecule has 0 saturated carbocycles. The highest BCUT2D eigenvalue weighted by atomic mass is 35.5. The number of aliphatic carboxylic acids is 1. The van der Waals surface area contributed by atoms with Crippen LogP contribution in [0.4, 0.5) is 0 Å². The largest absolute Gasteiger partial charge is 0.480 e. The molecule has 1 aromatic heterocycles. The van der Waals surface area contributed by atoms with E-state index in [1.807, 2.05) is 0 Å². The Morgan fingerprint density at radius 3 is 2.56 bits per heavy atom. The highest BCUT2D eigenvalue weighted by Crippen LogP contribution is 2.28. The van der Waals surface area contributed by atoms with E-state index in [2.05, 4.69) is 0 Å². The molecule has 94 valence electrons. The van der Waals surface area contributed by atoms with E-state index in [0.717, 1.165) is 0 Å². The number of hydrogen-bond donors (Lipinski definition) is 2. The molecule has 2 aromatic rings. The molecule has 2 N–H and O–H groups in total. The van der Waals surface area contributed by atoms with Crippen molar-refractivity contribution >= 4 is 34.4 Å². The lowest BCUT2D eigenvalue weighted by Crippen LogP contribution is -2.15. The number of benzene rings is 1. The van der Waals surface area contributed by atoms with Crippen molar-refractivity contribution in [1.29, 1.82) is 0 Å². The zero-order chi connectivity index (χ0) is 13.4. The number of carboxylic acid groups (broad SMARTS) is 2. The van der Waals surface area contributed by atoms with Gasteiger partial charge in [-0.05, 0) is 30.7 Å². The molecule has 0 atom stereocenters. The van der Waals surface area contributed by atoms with Gasteiger partial charge in [0.2, 0.25) is 0 Å². The third kappa shape index (κ3) is 1.93. The van der Waals surface area contributed by atoms with Crippen LogP contribution >= 0.6 is 11.6 Å². The van der Waals surface area contributed by atoms with Gasteiger partial charge < -0.3 is 14.8 Å². The van der Waals surface area contributed by atoms with Crippen molar-refractivity contribution in [2.24, 2.45) is 0 Å². The maximum atomic E-state index is 11.2. The van der Waals surface area contributed by atoms with Crippen LogP contribution < -0.4 is 0 Å². The van der Waals surface area contributed by atoms with Gasteiger partial charge in [0.1, 0.15) is 12.2 Å². The lowest BCUT2D eigenvalue weighted by Gasteiger charge is -2.04. The Labute approximate surface area is 107 Å². The summed E-state index contributed by atoms with van der Waals surface area (Å²) in [5.41, 5.74) is 1.05. The van der Waals surface area contributed by atoms with E-state index in [1.165, 1.54) is 4.57 Å². The first-order valence-electron chi connectivity index (χ1n) is 5.15. The average molecular weight is 268 g/mol. The molecule has 6 heteroatoms. The quantitative estimate of drug-likeness (QED) is 0.895. The van der Waals surface area contributed by atoms with Gasteiger partial charge in [-0.2, -0.15) is 0 Å². The van der Waals surface area contributed by atoms with Crippen molar-refractivity contribution in [3.63, 3.8) is 0 Å². The summed E-state index contributed by atoms with van der Waals surface area (Å²) in [4.78, 5) is 22.1. The van der Waals surface area contributed by atoms with Crippen LogP contribution in [-0.2, 0) is 11.3 Å². The summed E-state index contributed by atoms with van der Waals surface area (Å²) in [7, 11) is 0. The number of rotatable bonds is 3. The van der Waals surface area contributed by atoms with Crippen LogP contribution in [0.5, 0.6) is 0 Å². The fourth-order valence-electron chi connectivity index (χ4n) is 2.07. The standard InChI is InChI=1S/C12H10ClNO4/c1-6-8-4-7(13)2-3-9(8)14(5-10(15)16)11(6)12(17)18/h2-4H,5H2,1H3,(H,15,16)(H,17,18). The van der Waals surface area contributed by atoms with Gasteiger partial charge in [0.15, 0.2) is 0 Å². The molecule has 0 radical (unpaired) electrons. The molecule has 18 heavy (non-hydrogen) atoms. The Morgan fingerprint density at radius 2 is 2.00 bits per heavy atom. The average Bonchev–Trinajstić information content (AvgIpc) is 2.51. The number of hydrogen-bond acceptors (Lipinski definition) is 2. The van der Waals surface area contributed by atoms with Gasteiger partial charge in [-0.15, -0.1) is 0 Å². The van der Waals surface area contributed by atoms with Gasteiger partial charge in [-0.25, -0.2) is 4.79 Å². The summed E-state index contributed by atoms with van der Waals surface area (Å²) < 4.78 is 1.27. The summed E-state index contributed by atoms with van der Waals surface area (Å²) in [6.07, 6.45) is 0. The van der Waals surface area contributed by atoms with Gasteiger partial charge in [-0.1, -0.05) is 11.6 Å². The second-order valence-electron chi connectivity index (χ2n) is 3.92. The zero-order valence-corrected chi connectivity index (χ0v) is 10.2. The summed E-state index contributed by atoms with van der Waals surface area (Å²) in [6.45, 7) is 1.24. The van der Waals surface area contributed by atoms with E-state index in [4.69, 9.17) is 16.7 Å². The summed E-state index contributed by atoms with van der Waals surface area (Å²) >= 11 is 5.86. The molecule has 0 aliphatic heterocycles. The predicted octanol–water partition coefficient (Wildman–Crippen LogP) is 2.39. The molecule has 1 heterocycles. The van der Waals surface area contributed by atoms with Crippen molar-refractivity contribution in [2.45, 2.75) is 13.5 Å². The molecule has 0 amide bonds. The fourth-order valence-corrected chi connectivity index (χ4v) is 2.24. The Balaban J connectivity index is 2.83. The van der Waals surface area contributed by atoms with Gasteiger partial charge in [0.25, 0.3) is 0 Å². The number of halogens is 1. The molecule has 2 rings (SSSR count). The minimum atomic E-state index is -1.15. The number of fused-ring (bicyclic) bond motifs is 1. The van der Waals surface area contributed by atoms with Crippen LogP contribution in [0.25, 0.3) is 10.9 Å². The van der Waals surface area contributed by atoms with Crippen LogP contribution in [-0.4, -0.2) is 26.7 Å². The Hall–Kier alpha value is -2.01. The first kappa shape index (κ1) is 12.4. The van der Waals surface area contributed by atoms with E-state index in [1.54, 1.807) is 25.1 Å². The van der Waals surface area contributed by atoms with Crippen LogP contribution in [0.2, 0.25) is 5.02 Å². The zero-order valence-electron chi connectivity index (χ0n) is 9.48. The second kappa shape index (κ2) is 4.34. The SMILES string of the molecule is Cc1c(C(=O)O)n(CC(=O)O)c2ccc(Cl)cc12. The molecule has 0 fully saturated rings. The van der Waals surface area contributed by atoms with Crippen LogP contribution in [0.15, 0.2) is 18.2 Å². The minimum Gasteiger partial charge on any atom is -0.480 e. The summed E-state index contributed by atoms with van der Waals surface area (Å²) in [6, 6.07) is 4.87. The van der Waals surface area contributed by atoms with Gasteiger partial charge >= 0.3 is 11.9 Å². The van der Waals surface area contributed by atoms with Crippen LogP contribution in [0.3, 0.4) is 0 Å². The molecule has 0 aliphatic carbocycles. The molecule has 0 unspecified atom stereocenters. The van der Waals surface area contributed by atoms with Crippen molar-refractivity contribution in [3.05, 3.63) is 34.5 Å². The molecule has 1 aromatic carbocycles. The Kier molecular flexibility index (Phi) is 3.00. The number of aromatic carboxylic acids is 1. The second-order valence-corrected chi connectivity index (χ2v) is 4.36. The number of carbonyl (C=O) groups is 2. The van der Waals surface area contributed by atoms with E-state index >= 15 is 0 Å². The third-order valence-electron chi connectivity index (χ3n) is 2.77. The van der Waals surface area contributed by atoms with Gasteiger partial charge in [0.05, 0.1) is 0 Å². The van der Waals surface area contributed by atoms with E-state index in [0.29, 0.717) is 21.5 Å². The predicted molar refractivity (Wildman–Crippen MR) is 66.3 cm³/mol. The number of carboxylic acids is 2. The maximum absolute atomic E-state index is 11.2. The van der Waals surface area contributed by atoms with E-state index < -0.39 is 18.5 Å². The Morgan fingerprint density at radius 1 is 1.33 bits per heavy atom. The van der Waals surface area contributed by atoms with Crippen molar-refractivity contribution in [3.8, 4) is 0 Å². The van der Waals surface area contributed by atoms with Gasteiger partial charge in [0, 0.05) is 15.9 Å². The smallest absolute Gasteiger partial charge is 0.352 e. The first-order chi connectivity index (χ1) is 8.41. The molecule has 0 aliphatic rings. The molecule has 5 nitrogen and oxygen atoms in total. The van der Waals surface area contributed by atoms with E-state index in [-0.39, 0.29) is 5.69 Å². The topological polar surface area (TPSA) is 79.5 Å². The highest BCUT2D eigenvalue weighted by Gasteiger charge is 2.21. The molecule has 0 spiro atoms. The lowest BCUT2D eigenvalue weighted by molar-refractivity contribution is -0.137. The monoisotopic (exact) mass is 267 g/mol. The van der Waals surface area contributed by atoms with Crippen molar-refractivity contribution in [2.75, 3.05) is 0 Å². The molecular weight excluding hydrogens is 258 g/mol. The number of aromatic nitrogens is 1. The number of aryl methyl sites for hydroxylation is 1. The van der Waals surface area contributed by atoms with Crippen LogP contribution in [0, 0.1) is 6.92 Å². The van der Waals surface area contributed by atoms with Gasteiger partial charge in [-0.3, -0.25) is 4.79 Å². The van der Waals surface area contributed by atoms with Crippen molar-refractivity contribution in [1.82, 2.24) is 4.57 Å². The van der Waals surface area contributed by atoms with E-state index in [9.17, 15) is 14.7 Å². The summed E-state index contributed by atoms with van der Waals surface area (Å²) in [5.74, 6) is -2.24. The maximum Gasteiger partial charge on any atom is 0.352 e. The Bertz CT molecular complexity index is 660. The molecule has 0 saturated heterocycles.